The first-order valence-corrected chi connectivity index (χ1v) is 7.13. The number of halogens is 1. The lowest BCUT2D eigenvalue weighted by Gasteiger charge is -1.98. The highest BCUT2D eigenvalue weighted by molar-refractivity contribution is 6.30. The first-order chi connectivity index (χ1) is 11.1. The molecule has 0 radical (unpaired) electrons. The van der Waals surface area contributed by atoms with Gasteiger partial charge in [0.1, 0.15) is 5.69 Å². The summed E-state index contributed by atoms with van der Waals surface area (Å²) in [5.41, 5.74) is 7.13. The largest absolute Gasteiger partial charge is 0.364 e. The van der Waals surface area contributed by atoms with Crippen LogP contribution in [-0.2, 0) is 0 Å². The zero-order valence-electron chi connectivity index (χ0n) is 11.9. The van der Waals surface area contributed by atoms with E-state index in [0.717, 1.165) is 5.69 Å². The summed E-state index contributed by atoms with van der Waals surface area (Å²) in [5.74, 6) is -0.662. The average molecular weight is 326 g/mol. The molecular formula is C16H12ClN5O. The van der Waals surface area contributed by atoms with E-state index < -0.39 is 5.91 Å². The molecule has 23 heavy (non-hydrogen) atoms. The van der Waals surface area contributed by atoms with Crippen molar-refractivity contribution in [1.82, 2.24) is 9.78 Å². The van der Waals surface area contributed by atoms with E-state index in [1.165, 1.54) is 4.68 Å². The third-order valence-corrected chi connectivity index (χ3v) is 3.30. The van der Waals surface area contributed by atoms with Crippen molar-refractivity contribution >= 4 is 28.9 Å². The number of nitrogens with zero attached hydrogens (tertiary/aromatic N) is 4. The monoisotopic (exact) mass is 325 g/mol. The fourth-order valence-electron chi connectivity index (χ4n) is 1.95. The van der Waals surface area contributed by atoms with Crippen molar-refractivity contribution in [3.05, 3.63) is 71.5 Å². The molecule has 0 atom stereocenters. The second kappa shape index (κ2) is 6.41. The lowest BCUT2D eigenvalue weighted by atomic mass is 10.3. The van der Waals surface area contributed by atoms with Gasteiger partial charge in [-0.25, -0.2) is 4.68 Å². The topological polar surface area (TPSA) is 85.6 Å². The van der Waals surface area contributed by atoms with E-state index in [1.807, 2.05) is 30.3 Å². The highest BCUT2D eigenvalue weighted by Gasteiger charge is 2.14. The number of hydrogen-bond donors (Lipinski definition) is 1. The third-order valence-electron chi connectivity index (χ3n) is 3.05. The molecule has 2 aromatic carbocycles. The van der Waals surface area contributed by atoms with E-state index >= 15 is 0 Å². The zero-order valence-corrected chi connectivity index (χ0v) is 12.7. The highest BCUT2D eigenvalue weighted by atomic mass is 35.5. The molecule has 1 amide bonds. The Morgan fingerprint density at radius 2 is 1.74 bits per heavy atom. The molecule has 0 unspecified atom stereocenters. The first kappa shape index (κ1) is 14.9. The molecule has 0 aliphatic rings. The van der Waals surface area contributed by atoms with Crippen LogP contribution in [0.3, 0.4) is 0 Å². The van der Waals surface area contributed by atoms with Gasteiger partial charge >= 0.3 is 0 Å². The van der Waals surface area contributed by atoms with Crippen LogP contribution < -0.4 is 5.73 Å². The molecule has 3 rings (SSSR count). The summed E-state index contributed by atoms with van der Waals surface area (Å²) in [4.78, 5) is 11.5. The van der Waals surface area contributed by atoms with Gasteiger partial charge in [0.15, 0.2) is 5.69 Å². The Labute approximate surface area is 137 Å². The van der Waals surface area contributed by atoms with Crippen LogP contribution >= 0.6 is 11.6 Å². The molecule has 0 aliphatic heterocycles. The third kappa shape index (κ3) is 3.44. The molecule has 0 saturated carbocycles. The fraction of sp³-hybridized carbons (Fsp3) is 0. The first-order valence-electron chi connectivity index (χ1n) is 6.76. The van der Waals surface area contributed by atoms with Crippen molar-refractivity contribution in [1.29, 1.82) is 0 Å². The van der Waals surface area contributed by atoms with Gasteiger partial charge < -0.3 is 5.73 Å². The molecule has 114 valence electrons. The standard InChI is InChI=1S/C16H12ClN5O/c17-11-6-8-12(9-7-11)19-20-14-10-22(21-15(14)16(18)23)13-4-2-1-3-5-13/h1-10H,(H2,18,23). The van der Waals surface area contributed by atoms with Crippen molar-refractivity contribution in [2.24, 2.45) is 16.0 Å². The number of benzene rings is 2. The minimum absolute atomic E-state index is 0.0616. The van der Waals surface area contributed by atoms with E-state index in [9.17, 15) is 4.79 Å². The van der Waals surface area contributed by atoms with E-state index in [2.05, 4.69) is 15.3 Å². The summed E-state index contributed by atoms with van der Waals surface area (Å²) < 4.78 is 1.54. The normalized spacial score (nSPS) is 11.0. The van der Waals surface area contributed by atoms with Crippen molar-refractivity contribution in [3.8, 4) is 5.69 Å². The van der Waals surface area contributed by atoms with E-state index in [4.69, 9.17) is 17.3 Å². The van der Waals surface area contributed by atoms with E-state index in [-0.39, 0.29) is 5.69 Å². The number of carbonyl (C=O) groups is 1. The predicted molar refractivity (Wildman–Crippen MR) is 87.7 cm³/mol. The molecule has 0 aliphatic carbocycles. The predicted octanol–water partition coefficient (Wildman–Crippen LogP) is 4.04. The Morgan fingerprint density at radius 3 is 2.39 bits per heavy atom. The van der Waals surface area contributed by atoms with Crippen LogP contribution in [0.15, 0.2) is 71.0 Å². The fourth-order valence-corrected chi connectivity index (χ4v) is 2.07. The van der Waals surface area contributed by atoms with Crippen molar-refractivity contribution in [2.75, 3.05) is 0 Å². The number of hydrogen-bond acceptors (Lipinski definition) is 4. The van der Waals surface area contributed by atoms with E-state index in [1.54, 1.807) is 30.5 Å². The number of amides is 1. The maximum Gasteiger partial charge on any atom is 0.271 e. The van der Waals surface area contributed by atoms with Crippen molar-refractivity contribution in [3.63, 3.8) is 0 Å². The lowest BCUT2D eigenvalue weighted by molar-refractivity contribution is 0.0996. The molecule has 0 fully saturated rings. The van der Waals surface area contributed by atoms with Crippen LogP contribution in [0.1, 0.15) is 10.5 Å². The Kier molecular flexibility index (Phi) is 4.16. The summed E-state index contributed by atoms with van der Waals surface area (Å²) in [7, 11) is 0. The lowest BCUT2D eigenvalue weighted by Crippen LogP contribution is -2.12. The second-order valence-electron chi connectivity index (χ2n) is 4.68. The maximum atomic E-state index is 11.5. The smallest absolute Gasteiger partial charge is 0.271 e. The molecule has 6 nitrogen and oxygen atoms in total. The van der Waals surface area contributed by atoms with Crippen LogP contribution in [0.2, 0.25) is 5.02 Å². The van der Waals surface area contributed by atoms with Gasteiger partial charge in [0.25, 0.3) is 5.91 Å². The van der Waals surface area contributed by atoms with Crippen molar-refractivity contribution < 1.29 is 4.79 Å². The van der Waals surface area contributed by atoms with Gasteiger partial charge in [-0.2, -0.15) is 10.2 Å². The Morgan fingerprint density at radius 1 is 1.04 bits per heavy atom. The van der Waals surface area contributed by atoms with Crippen LogP contribution in [0.5, 0.6) is 0 Å². The molecule has 2 N–H and O–H groups in total. The summed E-state index contributed by atoms with van der Waals surface area (Å²) >= 11 is 5.82. The summed E-state index contributed by atoms with van der Waals surface area (Å²) in [5, 5.41) is 12.9. The molecule has 7 heteroatoms. The van der Waals surface area contributed by atoms with Crippen LogP contribution in [0.25, 0.3) is 5.69 Å². The summed E-state index contributed by atoms with van der Waals surface area (Å²) in [6, 6.07) is 16.2. The van der Waals surface area contributed by atoms with Gasteiger partial charge in [-0.1, -0.05) is 29.8 Å². The number of nitrogens with two attached hydrogens (primary N) is 1. The Hall–Kier alpha value is -2.99. The van der Waals surface area contributed by atoms with Crippen LogP contribution in [-0.4, -0.2) is 15.7 Å². The van der Waals surface area contributed by atoms with Gasteiger partial charge in [-0.05, 0) is 36.4 Å². The Balaban J connectivity index is 1.96. The number of primary amides is 1. The molecule has 1 heterocycles. The van der Waals surface area contributed by atoms with Crippen molar-refractivity contribution in [2.45, 2.75) is 0 Å². The van der Waals surface area contributed by atoms with Gasteiger partial charge in [0.2, 0.25) is 0 Å². The number of rotatable bonds is 4. The van der Waals surface area contributed by atoms with Crippen LogP contribution in [0, 0.1) is 0 Å². The second-order valence-corrected chi connectivity index (χ2v) is 5.12. The van der Waals surface area contributed by atoms with Gasteiger partial charge in [0.05, 0.1) is 17.6 Å². The summed E-state index contributed by atoms with van der Waals surface area (Å²) in [6.07, 6.45) is 1.61. The van der Waals surface area contributed by atoms with Gasteiger partial charge in [0, 0.05) is 5.02 Å². The number of para-hydroxylation sites is 1. The van der Waals surface area contributed by atoms with Crippen LogP contribution in [0.4, 0.5) is 11.4 Å². The highest BCUT2D eigenvalue weighted by Crippen LogP contribution is 2.24. The molecule has 0 spiro atoms. The zero-order chi connectivity index (χ0) is 16.2. The molecular weight excluding hydrogens is 314 g/mol. The molecule has 3 aromatic rings. The SMILES string of the molecule is NC(=O)c1nn(-c2ccccc2)cc1N=Nc1ccc(Cl)cc1. The quantitative estimate of drug-likeness (QED) is 0.734. The minimum atomic E-state index is -0.662. The number of azo groups is 1. The number of carbonyl (C=O) groups excluding carboxylic acids is 1. The Bertz CT molecular complexity index is 856. The number of aromatic nitrogens is 2. The molecule has 0 bridgehead atoms. The van der Waals surface area contributed by atoms with Gasteiger partial charge in [-0.3, -0.25) is 4.79 Å². The summed E-state index contributed by atoms with van der Waals surface area (Å²) in [6.45, 7) is 0. The van der Waals surface area contributed by atoms with E-state index in [0.29, 0.717) is 16.4 Å². The minimum Gasteiger partial charge on any atom is -0.364 e. The van der Waals surface area contributed by atoms with Gasteiger partial charge in [-0.15, -0.1) is 5.11 Å². The molecule has 1 aromatic heterocycles. The maximum absolute atomic E-state index is 11.5. The average Bonchev–Trinajstić information content (AvgIpc) is 3.00. The molecule has 0 saturated heterocycles.